The Morgan fingerprint density at radius 1 is 1.78 bits per heavy atom. The number of hydrogen-bond donors (Lipinski definition) is 1. The van der Waals surface area contributed by atoms with Gasteiger partial charge in [0.25, 0.3) is 6.01 Å². The molecule has 6 heteroatoms. The molecule has 0 fully saturated rings. The van der Waals surface area contributed by atoms with Crippen LogP contribution in [0.3, 0.4) is 0 Å². The molecule has 0 aromatic carbocycles. The van der Waals surface area contributed by atoms with Crippen LogP contribution >= 0.6 is 0 Å². The van der Waals surface area contributed by atoms with Crippen LogP contribution in [-0.2, 0) is 14.6 Å². The molecule has 0 aliphatic heterocycles. The maximum absolute atomic E-state index is 11.7. The number of hydrogen-bond acceptors (Lipinski definition) is 3. The second-order valence-corrected chi connectivity index (χ2v) is 2.13. The van der Waals surface area contributed by atoms with Crippen LogP contribution in [-0.4, -0.2) is 13.0 Å². The highest BCUT2D eigenvalue weighted by molar-refractivity contribution is 7.81. The predicted molar refractivity (Wildman–Crippen MR) is 27.5 cm³/mol. The van der Waals surface area contributed by atoms with Crippen LogP contribution in [0.5, 0.6) is 0 Å². The lowest BCUT2D eigenvalue weighted by atomic mass is 10.7. The van der Waals surface area contributed by atoms with Crippen molar-refractivity contribution < 1.29 is 21.5 Å². The van der Waals surface area contributed by atoms with Gasteiger partial charge in [-0.15, -0.1) is 0 Å². The summed E-state index contributed by atoms with van der Waals surface area (Å²) in [6.45, 7) is 1.22. The van der Waals surface area contributed by atoms with Crippen LogP contribution in [0.25, 0.3) is 0 Å². The van der Waals surface area contributed by atoms with E-state index in [1.165, 1.54) is 6.92 Å². The van der Waals surface area contributed by atoms with E-state index in [9.17, 15) is 12.8 Å². The molecule has 0 aliphatic carbocycles. The van der Waals surface area contributed by atoms with Crippen LogP contribution in [0.1, 0.15) is 6.92 Å². The second-order valence-electron chi connectivity index (χ2n) is 1.10. The third kappa shape index (κ3) is 5.25. The predicted octanol–water partition coefficient (Wildman–Crippen LogP) is 0.637. The molecule has 0 aromatic rings. The van der Waals surface area contributed by atoms with Gasteiger partial charge in [0, 0.05) is 0 Å². The summed E-state index contributed by atoms with van der Waals surface area (Å²) < 4.78 is 42.1. The van der Waals surface area contributed by atoms with Crippen molar-refractivity contribution in [1.29, 1.82) is 0 Å². The van der Waals surface area contributed by atoms with Crippen molar-refractivity contribution >= 4 is 10.4 Å². The molecule has 0 unspecified atom stereocenters. The number of halogens is 1. The smallest absolute Gasteiger partial charge is 0.332 e. The molecule has 4 nitrogen and oxygen atoms in total. The Balaban J connectivity index is 4.07. The van der Waals surface area contributed by atoms with Crippen molar-refractivity contribution in [3.8, 4) is 0 Å². The molecule has 0 amide bonds. The first-order chi connectivity index (χ1) is 3.95. The van der Waals surface area contributed by atoms with Crippen LogP contribution in [0.4, 0.5) is 4.39 Å². The minimum Gasteiger partial charge on any atom is -0.332 e. The Labute approximate surface area is 51.9 Å². The minimum absolute atomic E-state index is 0.758. The van der Waals surface area contributed by atoms with Crippen LogP contribution < -0.4 is 0 Å². The molecule has 0 saturated carbocycles. The summed E-state index contributed by atoms with van der Waals surface area (Å²) in [5, 5.41) is 0. The zero-order chi connectivity index (χ0) is 7.49. The highest BCUT2D eigenvalue weighted by atomic mass is 32.3. The molecule has 0 bridgehead atoms. The minimum atomic E-state index is -4.68. The molecule has 0 spiro atoms. The van der Waals surface area contributed by atoms with E-state index in [1.807, 2.05) is 0 Å². The average Bonchev–Trinajstić information content (AvgIpc) is 1.62. The molecule has 1 N–H and O–H groups in total. The topological polar surface area (TPSA) is 63.6 Å². The molecule has 54 valence electrons. The van der Waals surface area contributed by atoms with E-state index in [2.05, 4.69) is 4.18 Å². The highest BCUT2D eigenvalue weighted by Crippen LogP contribution is 2.01. The summed E-state index contributed by atoms with van der Waals surface area (Å²) in [5.41, 5.74) is 0. The van der Waals surface area contributed by atoms with E-state index in [1.54, 1.807) is 0 Å². The summed E-state index contributed by atoms with van der Waals surface area (Å²) in [7, 11) is -4.68. The monoisotopic (exact) mass is 156 g/mol. The summed E-state index contributed by atoms with van der Waals surface area (Å²) in [5.74, 6) is 0. The molecule has 9 heavy (non-hydrogen) atoms. The fourth-order valence-corrected chi connectivity index (χ4v) is 0.446. The standard InChI is InChI=1S/C3H5FO4S/c1-2-3(4)8-9(5,6)7/h2H,1H3,(H,5,6,7). The van der Waals surface area contributed by atoms with E-state index in [-0.39, 0.29) is 0 Å². The van der Waals surface area contributed by atoms with Crippen molar-refractivity contribution in [2.75, 3.05) is 0 Å². The first kappa shape index (κ1) is 8.38. The van der Waals surface area contributed by atoms with Gasteiger partial charge >= 0.3 is 10.4 Å². The number of allylic oxidation sites excluding steroid dienone is 1. The quantitative estimate of drug-likeness (QED) is 0.470. The van der Waals surface area contributed by atoms with Gasteiger partial charge in [0.05, 0.1) is 0 Å². The second kappa shape index (κ2) is 2.79. The van der Waals surface area contributed by atoms with Gasteiger partial charge in [-0.2, -0.15) is 12.8 Å². The van der Waals surface area contributed by atoms with Crippen LogP contribution in [0.15, 0.2) is 12.1 Å². The van der Waals surface area contributed by atoms with Crippen molar-refractivity contribution in [2.45, 2.75) is 6.92 Å². The third-order valence-corrected chi connectivity index (χ3v) is 0.782. The fraction of sp³-hybridized carbons (Fsp3) is 0.333. The lowest BCUT2D eigenvalue weighted by molar-refractivity contribution is 0.264. The van der Waals surface area contributed by atoms with Crippen molar-refractivity contribution in [2.24, 2.45) is 0 Å². The summed E-state index contributed by atoms with van der Waals surface area (Å²) in [6, 6.07) is -1.35. The van der Waals surface area contributed by atoms with Gasteiger partial charge in [0.1, 0.15) is 0 Å². The third-order valence-electron chi connectivity index (χ3n) is 0.412. The van der Waals surface area contributed by atoms with Crippen molar-refractivity contribution in [3.05, 3.63) is 12.1 Å². The van der Waals surface area contributed by atoms with Gasteiger partial charge in [-0.25, -0.2) is 0 Å². The molecule has 0 heterocycles. The van der Waals surface area contributed by atoms with Crippen molar-refractivity contribution in [3.63, 3.8) is 0 Å². The Morgan fingerprint density at radius 3 is 2.33 bits per heavy atom. The molecule has 0 aliphatic rings. The Morgan fingerprint density at radius 2 is 2.22 bits per heavy atom. The molecular weight excluding hydrogens is 151 g/mol. The first-order valence-corrected chi connectivity index (χ1v) is 3.31. The summed E-state index contributed by atoms with van der Waals surface area (Å²) >= 11 is 0. The lowest BCUT2D eigenvalue weighted by Gasteiger charge is -1.93. The normalized spacial score (nSPS) is 13.4. The van der Waals surface area contributed by atoms with Gasteiger partial charge in [-0.3, -0.25) is 4.55 Å². The van der Waals surface area contributed by atoms with E-state index >= 15 is 0 Å². The Hall–Kier alpha value is -0.620. The van der Waals surface area contributed by atoms with Gasteiger partial charge in [-0.05, 0) is 13.0 Å². The van der Waals surface area contributed by atoms with Gasteiger partial charge in [0.15, 0.2) is 0 Å². The zero-order valence-electron chi connectivity index (χ0n) is 4.54. The van der Waals surface area contributed by atoms with E-state index in [0.717, 1.165) is 6.08 Å². The maximum Gasteiger partial charge on any atom is 0.448 e. The summed E-state index contributed by atoms with van der Waals surface area (Å²) in [4.78, 5) is 0. The Kier molecular flexibility index (Phi) is 2.60. The fourth-order valence-electron chi connectivity index (χ4n) is 0.149. The average molecular weight is 156 g/mol. The molecule has 0 radical (unpaired) electrons. The van der Waals surface area contributed by atoms with Gasteiger partial charge in [-0.1, -0.05) is 0 Å². The van der Waals surface area contributed by atoms with Crippen molar-refractivity contribution in [1.82, 2.24) is 0 Å². The van der Waals surface area contributed by atoms with E-state index in [0.29, 0.717) is 0 Å². The zero-order valence-corrected chi connectivity index (χ0v) is 5.35. The van der Waals surface area contributed by atoms with Crippen LogP contribution in [0, 0.1) is 0 Å². The SMILES string of the molecule is CC=C(F)OS(=O)(=O)O. The highest BCUT2D eigenvalue weighted by Gasteiger charge is 2.06. The van der Waals surface area contributed by atoms with E-state index in [4.69, 9.17) is 4.55 Å². The van der Waals surface area contributed by atoms with Gasteiger partial charge in [0.2, 0.25) is 0 Å². The number of rotatable bonds is 2. The van der Waals surface area contributed by atoms with E-state index < -0.39 is 16.4 Å². The lowest BCUT2D eigenvalue weighted by Crippen LogP contribution is -2.00. The molecule has 0 aromatic heterocycles. The molecule has 0 rings (SSSR count). The van der Waals surface area contributed by atoms with Crippen LogP contribution in [0.2, 0.25) is 0 Å². The summed E-state index contributed by atoms with van der Waals surface area (Å²) in [6.07, 6.45) is 0.758. The Bertz CT molecular complexity index is 204. The molecule has 0 atom stereocenters. The first-order valence-electron chi connectivity index (χ1n) is 1.94. The molecular formula is C3H5FO4S. The van der Waals surface area contributed by atoms with Gasteiger partial charge < -0.3 is 4.18 Å². The maximum atomic E-state index is 11.7. The molecule has 0 saturated heterocycles. The largest absolute Gasteiger partial charge is 0.448 e.